The fraction of sp³-hybridized carbons (Fsp3) is 0.611. The molecule has 24 heavy (non-hydrogen) atoms. The molecule has 1 heterocycles. The summed E-state index contributed by atoms with van der Waals surface area (Å²) in [5.74, 6) is 0.766. The van der Waals surface area contributed by atoms with Gasteiger partial charge in [0, 0.05) is 20.1 Å². The monoisotopic (exact) mass is 338 g/mol. The zero-order valence-electron chi connectivity index (χ0n) is 13.9. The number of carbonyl (C=O) groups excluding carboxylic acids is 1. The number of nitrogens with one attached hydrogen (secondary N) is 1. The molecule has 2 aliphatic rings. The first kappa shape index (κ1) is 17.1. The standard InChI is InChI=1S/C18H24F2N2O2/c1-22(11-13-5-7-15(8-6-13)24-17(19)20)16(23)18-9-3-2-4-14(18)10-21-12-18/h5-8,14,17,21H,2-4,9-12H2,1H3/t14-,18+/m0/s1. The first-order valence-electron chi connectivity index (χ1n) is 8.51. The Hall–Kier alpha value is -1.69. The topological polar surface area (TPSA) is 41.6 Å². The van der Waals surface area contributed by atoms with Gasteiger partial charge in [0.2, 0.25) is 5.91 Å². The van der Waals surface area contributed by atoms with Crippen LogP contribution in [0.4, 0.5) is 8.78 Å². The van der Waals surface area contributed by atoms with E-state index in [2.05, 4.69) is 10.1 Å². The molecule has 0 spiro atoms. The summed E-state index contributed by atoms with van der Waals surface area (Å²) in [6.45, 7) is -0.652. The number of nitrogens with zero attached hydrogens (tertiary/aromatic N) is 1. The van der Waals surface area contributed by atoms with Gasteiger partial charge >= 0.3 is 6.61 Å². The van der Waals surface area contributed by atoms with Gasteiger partial charge in [0.25, 0.3) is 0 Å². The molecule has 2 atom stereocenters. The summed E-state index contributed by atoms with van der Waals surface area (Å²) >= 11 is 0. The van der Waals surface area contributed by atoms with E-state index in [1.165, 1.54) is 18.6 Å². The Balaban J connectivity index is 1.65. The summed E-state index contributed by atoms with van der Waals surface area (Å²) in [7, 11) is 1.82. The second-order valence-electron chi connectivity index (χ2n) is 6.91. The Bertz CT molecular complexity index is 579. The summed E-state index contributed by atoms with van der Waals surface area (Å²) in [5.41, 5.74) is 0.647. The lowest BCUT2D eigenvalue weighted by molar-refractivity contribution is -0.144. The van der Waals surface area contributed by atoms with Crippen LogP contribution in [0.25, 0.3) is 0 Å². The highest BCUT2D eigenvalue weighted by Crippen LogP contribution is 2.45. The largest absolute Gasteiger partial charge is 0.435 e. The summed E-state index contributed by atoms with van der Waals surface area (Å²) in [5, 5.41) is 3.40. The smallest absolute Gasteiger partial charge is 0.387 e. The highest BCUT2D eigenvalue weighted by molar-refractivity contribution is 5.83. The lowest BCUT2D eigenvalue weighted by Crippen LogP contribution is -2.48. The molecule has 2 fully saturated rings. The van der Waals surface area contributed by atoms with Crippen LogP contribution in [0.15, 0.2) is 24.3 Å². The Morgan fingerprint density at radius 3 is 2.83 bits per heavy atom. The number of carbonyl (C=O) groups is 1. The Morgan fingerprint density at radius 1 is 1.38 bits per heavy atom. The number of hydrogen-bond acceptors (Lipinski definition) is 3. The molecular weight excluding hydrogens is 314 g/mol. The van der Waals surface area contributed by atoms with Crippen molar-refractivity contribution in [1.29, 1.82) is 0 Å². The molecule has 1 aliphatic heterocycles. The zero-order chi connectivity index (χ0) is 17.2. The molecule has 132 valence electrons. The number of alkyl halides is 2. The van der Waals surface area contributed by atoms with Crippen molar-refractivity contribution in [2.45, 2.75) is 38.8 Å². The first-order chi connectivity index (χ1) is 11.5. The second kappa shape index (κ2) is 7.05. The molecular formula is C18H24F2N2O2. The fourth-order valence-corrected chi connectivity index (χ4v) is 4.17. The van der Waals surface area contributed by atoms with E-state index in [4.69, 9.17) is 0 Å². The average Bonchev–Trinajstić information content (AvgIpc) is 3.00. The number of benzene rings is 1. The van der Waals surface area contributed by atoms with Gasteiger partial charge in [0.15, 0.2) is 0 Å². The third kappa shape index (κ3) is 3.38. The quantitative estimate of drug-likeness (QED) is 0.897. The van der Waals surface area contributed by atoms with Crippen LogP contribution in [0, 0.1) is 11.3 Å². The van der Waals surface area contributed by atoms with Gasteiger partial charge in [-0.05, 0) is 43.0 Å². The minimum atomic E-state index is -2.82. The molecule has 4 nitrogen and oxygen atoms in total. The molecule has 0 radical (unpaired) electrons. The van der Waals surface area contributed by atoms with E-state index >= 15 is 0 Å². The molecule has 0 bridgehead atoms. The molecule has 0 aromatic heterocycles. The number of fused-ring (bicyclic) bond motifs is 1. The van der Waals surface area contributed by atoms with Crippen LogP contribution in [-0.4, -0.2) is 37.6 Å². The molecule has 1 N–H and O–H groups in total. The van der Waals surface area contributed by atoms with E-state index in [0.717, 1.165) is 37.9 Å². The molecule has 1 saturated carbocycles. The summed E-state index contributed by atoms with van der Waals surface area (Å²) in [4.78, 5) is 14.9. The van der Waals surface area contributed by atoms with Crippen molar-refractivity contribution in [2.24, 2.45) is 11.3 Å². The summed E-state index contributed by atoms with van der Waals surface area (Å²) in [6, 6.07) is 6.48. The van der Waals surface area contributed by atoms with Crippen LogP contribution < -0.4 is 10.1 Å². The molecule has 1 saturated heterocycles. The van der Waals surface area contributed by atoms with E-state index in [-0.39, 0.29) is 17.1 Å². The van der Waals surface area contributed by atoms with Crippen molar-refractivity contribution in [3.8, 4) is 5.75 Å². The number of rotatable bonds is 5. The molecule has 1 aliphatic carbocycles. The maximum atomic E-state index is 13.1. The van der Waals surface area contributed by atoms with Crippen molar-refractivity contribution in [3.05, 3.63) is 29.8 Å². The maximum Gasteiger partial charge on any atom is 0.387 e. The van der Waals surface area contributed by atoms with Crippen molar-refractivity contribution in [2.75, 3.05) is 20.1 Å². The lowest BCUT2D eigenvalue weighted by atomic mass is 9.67. The van der Waals surface area contributed by atoms with Crippen LogP contribution in [0.2, 0.25) is 0 Å². The van der Waals surface area contributed by atoms with Gasteiger partial charge in [-0.15, -0.1) is 0 Å². The van der Waals surface area contributed by atoms with Crippen LogP contribution >= 0.6 is 0 Å². The number of halogens is 2. The number of amides is 1. The molecule has 1 amide bonds. The van der Waals surface area contributed by atoms with E-state index in [0.29, 0.717) is 12.5 Å². The van der Waals surface area contributed by atoms with Gasteiger partial charge < -0.3 is 15.0 Å². The van der Waals surface area contributed by atoms with Crippen LogP contribution in [0.1, 0.15) is 31.2 Å². The van der Waals surface area contributed by atoms with Crippen LogP contribution in [0.5, 0.6) is 5.75 Å². The fourth-order valence-electron chi connectivity index (χ4n) is 4.17. The van der Waals surface area contributed by atoms with E-state index in [1.807, 2.05) is 7.05 Å². The van der Waals surface area contributed by atoms with Crippen molar-refractivity contribution >= 4 is 5.91 Å². The second-order valence-corrected chi connectivity index (χ2v) is 6.91. The molecule has 0 unspecified atom stereocenters. The van der Waals surface area contributed by atoms with Gasteiger partial charge in [-0.3, -0.25) is 4.79 Å². The van der Waals surface area contributed by atoms with Crippen molar-refractivity contribution in [1.82, 2.24) is 10.2 Å². The third-order valence-electron chi connectivity index (χ3n) is 5.38. The predicted octanol–water partition coefficient (Wildman–Crippen LogP) is 3.03. The summed E-state index contributed by atoms with van der Waals surface area (Å²) < 4.78 is 28.7. The third-order valence-corrected chi connectivity index (χ3v) is 5.38. The highest BCUT2D eigenvalue weighted by Gasteiger charge is 2.50. The first-order valence-corrected chi connectivity index (χ1v) is 8.51. The van der Waals surface area contributed by atoms with Crippen LogP contribution in [0.3, 0.4) is 0 Å². The minimum Gasteiger partial charge on any atom is -0.435 e. The van der Waals surface area contributed by atoms with Crippen molar-refractivity contribution in [3.63, 3.8) is 0 Å². The zero-order valence-corrected chi connectivity index (χ0v) is 13.9. The van der Waals surface area contributed by atoms with Gasteiger partial charge in [-0.2, -0.15) is 8.78 Å². The minimum absolute atomic E-state index is 0.133. The normalized spacial score (nSPS) is 26.2. The van der Waals surface area contributed by atoms with Crippen LogP contribution in [-0.2, 0) is 11.3 Å². The van der Waals surface area contributed by atoms with Gasteiger partial charge in [-0.1, -0.05) is 25.0 Å². The predicted molar refractivity (Wildman–Crippen MR) is 86.8 cm³/mol. The molecule has 1 aromatic rings. The number of ether oxygens (including phenoxy) is 1. The Labute approximate surface area is 141 Å². The SMILES string of the molecule is CN(Cc1ccc(OC(F)F)cc1)C(=O)[C@@]12CCCC[C@H]1CNC2. The summed E-state index contributed by atoms with van der Waals surface area (Å²) in [6.07, 6.45) is 4.38. The highest BCUT2D eigenvalue weighted by atomic mass is 19.3. The van der Waals surface area contributed by atoms with E-state index in [9.17, 15) is 13.6 Å². The maximum absolute atomic E-state index is 13.1. The van der Waals surface area contributed by atoms with Crippen molar-refractivity contribution < 1.29 is 18.3 Å². The van der Waals surface area contributed by atoms with E-state index < -0.39 is 6.61 Å². The van der Waals surface area contributed by atoms with E-state index in [1.54, 1.807) is 17.0 Å². The lowest BCUT2D eigenvalue weighted by Gasteiger charge is -2.39. The number of hydrogen-bond donors (Lipinski definition) is 1. The van der Waals surface area contributed by atoms with Gasteiger partial charge in [0.1, 0.15) is 5.75 Å². The Kier molecular flexibility index (Phi) is 5.04. The molecule has 3 rings (SSSR count). The average molecular weight is 338 g/mol. The van der Waals surface area contributed by atoms with Gasteiger partial charge in [0.05, 0.1) is 5.41 Å². The molecule has 6 heteroatoms. The molecule has 1 aromatic carbocycles. The van der Waals surface area contributed by atoms with Gasteiger partial charge in [-0.25, -0.2) is 0 Å². The Morgan fingerprint density at radius 2 is 2.12 bits per heavy atom.